The molecule has 2 saturated heterocycles. The second-order valence-electron chi connectivity index (χ2n) is 12.8. The molecule has 6 unspecified atom stereocenters. The van der Waals surface area contributed by atoms with Crippen LogP contribution < -0.4 is 5.43 Å². The molecule has 0 aromatic heterocycles. The molecular formula is C36H32ClN3O7. The van der Waals surface area contributed by atoms with Crippen molar-refractivity contribution in [1.29, 1.82) is 0 Å². The number of nitrogens with zero attached hydrogens (tertiary/aromatic N) is 2. The lowest BCUT2D eigenvalue weighted by Gasteiger charge is -2.50. The molecule has 240 valence electrons. The molecule has 2 aliphatic heterocycles. The topological polar surface area (TPSA) is 144 Å². The van der Waals surface area contributed by atoms with E-state index in [2.05, 4.69) is 5.43 Å². The summed E-state index contributed by atoms with van der Waals surface area (Å²) in [4.78, 5) is 69.5. The SMILES string of the molecule is Cc1ccc(NN2C(=O)C3CC4C(=CCC5C(=O)N(CCC(=O)O)C(=O)C54)C(c4ccc(O)cc4Cl)C3(c3ccccc3)C2=O)cc1. The summed E-state index contributed by atoms with van der Waals surface area (Å²) < 4.78 is 0. The largest absolute Gasteiger partial charge is 0.508 e. The maximum absolute atomic E-state index is 15.1. The molecule has 2 aliphatic carbocycles. The smallest absolute Gasteiger partial charge is 0.305 e. The van der Waals surface area contributed by atoms with Crippen LogP contribution in [0.5, 0.6) is 5.75 Å². The third kappa shape index (κ3) is 4.65. The average molecular weight is 654 g/mol. The fourth-order valence-electron chi connectivity index (χ4n) is 8.33. The molecule has 0 spiro atoms. The number of benzene rings is 3. The molecule has 7 rings (SSSR count). The lowest BCUT2D eigenvalue weighted by atomic mass is 9.49. The number of halogens is 1. The number of aromatic hydroxyl groups is 1. The van der Waals surface area contributed by atoms with Gasteiger partial charge in [0.05, 0.1) is 35.3 Å². The predicted molar refractivity (Wildman–Crippen MR) is 171 cm³/mol. The number of aliphatic carboxylic acids is 1. The van der Waals surface area contributed by atoms with Gasteiger partial charge in [-0.2, -0.15) is 5.01 Å². The maximum Gasteiger partial charge on any atom is 0.305 e. The van der Waals surface area contributed by atoms with Crippen molar-refractivity contribution in [3.63, 3.8) is 0 Å². The van der Waals surface area contributed by atoms with E-state index in [1.165, 1.54) is 12.1 Å². The first-order valence-electron chi connectivity index (χ1n) is 15.6. The standard InChI is InChI=1S/C36H32ClN3O7/c1-19-7-9-21(10-8-19)38-40-33(45)27-18-26-23(13-14-25-30(26)34(46)39(32(25)44)16-15-29(42)43)31(24-12-11-22(41)17-28(24)37)36(27,35(40)47)20-5-3-2-4-6-20/h2-13,17,25-27,30-31,38,41H,14-16,18H2,1H3,(H,42,43). The Morgan fingerprint density at radius 2 is 1.68 bits per heavy atom. The molecule has 4 amide bonds. The Morgan fingerprint density at radius 3 is 2.36 bits per heavy atom. The molecule has 3 N–H and O–H groups in total. The average Bonchev–Trinajstić information content (AvgIpc) is 3.42. The van der Waals surface area contributed by atoms with Gasteiger partial charge in [-0.05, 0) is 61.1 Å². The number of phenols is 1. The first-order valence-corrected chi connectivity index (χ1v) is 15.9. The van der Waals surface area contributed by atoms with Gasteiger partial charge in [0.2, 0.25) is 11.8 Å². The number of imide groups is 2. The van der Waals surface area contributed by atoms with E-state index in [0.29, 0.717) is 16.8 Å². The third-order valence-electron chi connectivity index (χ3n) is 10.3. The fourth-order valence-corrected chi connectivity index (χ4v) is 8.62. The molecule has 1 saturated carbocycles. The van der Waals surface area contributed by atoms with Gasteiger partial charge in [0, 0.05) is 17.5 Å². The summed E-state index contributed by atoms with van der Waals surface area (Å²) in [6.07, 6.45) is 1.84. The highest BCUT2D eigenvalue weighted by molar-refractivity contribution is 6.31. The van der Waals surface area contributed by atoms with Crippen LogP contribution >= 0.6 is 11.6 Å². The first-order chi connectivity index (χ1) is 22.5. The number of anilines is 1. The minimum Gasteiger partial charge on any atom is -0.508 e. The Labute approximate surface area is 275 Å². The summed E-state index contributed by atoms with van der Waals surface area (Å²) in [5, 5.41) is 20.8. The quantitative estimate of drug-likeness (QED) is 0.243. The number of carboxylic acids is 1. The Kier molecular flexibility index (Phi) is 7.43. The van der Waals surface area contributed by atoms with Crippen molar-refractivity contribution in [2.75, 3.05) is 12.0 Å². The Hall–Kier alpha value is -4.96. The maximum atomic E-state index is 15.1. The van der Waals surface area contributed by atoms with Gasteiger partial charge in [0.25, 0.3) is 11.8 Å². The molecule has 2 heterocycles. The summed E-state index contributed by atoms with van der Waals surface area (Å²) in [5.74, 6) is -6.97. The zero-order chi connectivity index (χ0) is 33.2. The number of allylic oxidation sites excluding steroid dienone is 2. The molecule has 0 bridgehead atoms. The molecule has 6 atom stereocenters. The van der Waals surface area contributed by atoms with Crippen LogP contribution in [-0.4, -0.2) is 56.3 Å². The van der Waals surface area contributed by atoms with Gasteiger partial charge >= 0.3 is 5.97 Å². The molecule has 0 radical (unpaired) electrons. The minimum atomic E-state index is -1.49. The van der Waals surface area contributed by atoms with E-state index >= 15 is 4.79 Å². The highest BCUT2D eigenvalue weighted by Crippen LogP contribution is 2.64. The molecule has 3 aromatic carbocycles. The van der Waals surface area contributed by atoms with Crippen molar-refractivity contribution in [2.24, 2.45) is 23.7 Å². The third-order valence-corrected chi connectivity index (χ3v) is 10.7. The second-order valence-corrected chi connectivity index (χ2v) is 13.2. The fraction of sp³-hybridized carbons (Fsp3) is 0.306. The highest BCUT2D eigenvalue weighted by Gasteiger charge is 2.70. The van der Waals surface area contributed by atoms with E-state index in [9.17, 15) is 29.4 Å². The minimum absolute atomic E-state index is 0.0729. The Morgan fingerprint density at radius 1 is 0.957 bits per heavy atom. The van der Waals surface area contributed by atoms with Gasteiger partial charge < -0.3 is 10.2 Å². The van der Waals surface area contributed by atoms with Gasteiger partial charge in [0.1, 0.15) is 5.75 Å². The normalized spacial score (nSPS) is 28.1. The van der Waals surface area contributed by atoms with Gasteiger partial charge in [-0.25, -0.2) is 0 Å². The summed E-state index contributed by atoms with van der Waals surface area (Å²) >= 11 is 6.86. The Balaban J connectivity index is 1.42. The summed E-state index contributed by atoms with van der Waals surface area (Å²) in [6, 6.07) is 20.9. The van der Waals surface area contributed by atoms with Crippen LogP contribution in [0.1, 0.15) is 41.9 Å². The van der Waals surface area contributed by atoms with E-state index < -0.39 is 64.6 Å². The van der Waals surface area contributed by atoms with Gasteiger partial charge in [0.15, 0.2) is 0 Å². The molecular weight excluding hydrogens is 622 g/mol. The molecule has 3 fully saturated rings. The molecule has 47 heavy (non-hydrogen) atoms. The number of fused-ring (bicyclic) bond motifs is 4. The van der Waals surface area contributed by atoms with E-state index in [1.54, 1.807) is 30.3 Å². The number of hydrogen-bond acceptors (Lipinski definition) is 7. The number of aryl methyl sites for hydroxylation is 1. The number of carbonyl (C=O) groups is 5. The lowest BCUT2D eigenvalue weighted by Crippen LogP contribution is -2.53. The number of nitrogens with one attached hydrogen (secondary N) is 1. The predicted octanol–water partition coefficient (Wildman–Crippen LogP) is 4.81. The van der Waals surface area contributed by atoms with E-state index in [-0.39, 0.29) is 36.6 Å². The van der Waals surface area contributed by atoms with E-state index in [1.807, 2.05) is 43.3 Å². The molecule has 11 heteroatoms. The number of likely N-dealkylation sites (tertiary alicyclic amines) is 1. The number of hydrogen-bond donors (Lipinski definition) is 3. The van der Waals surface area contributed by atoms with Crippen LogP contribution in [0.3, 0.4) is 0 Å². The number of phenolic OH excluding ortho intramolecular Hbond substituents is 1. The monoisotopic (exact) mass is 653 g/mol. The van der Waals surface area contributed by atoms with Crippen LogP contribution in [0.15, 0.2) is 84.4 Å². The highest BCUT2D eigenvalue weighted by atomic mass is 35.5. The zero-order valence-corrected chi connectivity index (χ0v) is 26.2. The number of hydrazine groups is 1. The van der Waals surface area contributed by atoms with Gasteiger partial charge in [-0.1, -0.05) is 77.3 Å². The Bertz CT molecular complexity index is 1860. The number of rotatable bonds is 7. The van der Waals surface area contributed by atoms with Crippen LogP contribution in [0.2, 0.25) is 5.02 Å². The van der Waals surface area contributed by atoms with E-state index in [4.69, 9.17) is 11.6 Å². The van der Waals surface area contributed by atoms with Crippen LogP contribution in [-0.2, 0) is 29.4 Å². The van der Waals surface area contributed by atoms with Gasteiger partial charge in [-0.15, -0.1) is 0 Å². The first kappa shape index (κ1) is 30.7. The number of amides is 4. The van der Waals surface area contributed by atoms with Crippen LogP contribution in [0.25, 0.3) is 0 Å². The lowest BCUT2D eigenvalue weighted by molar-refractivity contribution is -0.143. The van der Waals surface area contributed by atoms with Crippen molar-refractivity contribution in [3.8, 4) is 5.75 Å². The second kappa shape index (κ2) is 11.4. The van der Waals surface area contributed by atoms with Crippen molar-refractivity contribution in [2.45, 2.75) is 37.5 Å². The van der Waals surface area contributed by atoms with Crippen LogP contribution in [0, 0.1) is 30.6 Å². The summed E-state index contributed by atoms with van der Waals surface area (Å²) in [5.41, 5.74) is 4.94. The van der Waals surface area contributed by atoms with Crippen molar-refractivity contribution < 1.29 is 34.2 Å². The zero-order valence-electron chi connectivity index (χ0n) is 25.4. The summed E-state index contributed by atoms with van der Waals surface area (Å²) in [7, 11) is 0. The van der Waals surface area contributed by atoms with Crippen LogP contribution in [0.4, 0.5) is 5.69 Å². The van der Waals surface area contributed by atoms with E-state index in [0.717, 1.165) is 21.0 Å². The molecule has 4 aliphatic rings. The summed E-state index contributed by atoms with van der Waals surface area (Å²) in [6.45, 7) is 1.69. The molecule has 10 nitrogen and oxygen atoms in total. The van der Waals surface area contributed by atoms with Crippen molar-refractivity contribution in [1.82, 2.24) is 9.91 Å². The van der Waals surface area contributed by atoms with Gasteiger partial charge in [-0.3, -0.25) is 34.3 Å². The molecule has 3 aromatic rings. The number of carbonyl (C=O) groups excluding carboxylic acids is 4. The number of carboxylic acid groups (broad SMARTS) is 1. The van der Waals surface area contributed by atoms with Crippen molar-refractivity contribution >= 4 is 46.9 Å². The van der Waals surface area contributed by atoms with Crippen molar-refractivity contribution in [3.05, 3.63) is 106 Å².